The lowest BCUT2D eigenvalue weighted by Gasteiger charge is -2.13. The molecule has 3 N–H and O–H groups in total. The smallest absolute Gasteiger partial charge is 0.220 e. The fourth-order valence-corrected chi connectivity index (χ4v) is 2.05. The van der Waals surface area contributed by atoms with Gasteiger partial charge in [-0.15, -0.1) is 0 Å². The topological polar surface area (TPSA) is 64.3 Å². The number of carbonyl (C=O) groups is 1. The molecule has 0 atom stereocenters. The van der Waals surface area contributed by atoms with Crippen molar-refractivity contribution in [1.29, 1.82) is 0 Å². The van der Waals surface area contributed by atoms with Crippen molar-refractivity contribution in [3.63, 3.8) is 0 Å². The van der Waals surface area contributed by atoms with E-state index in [0.717, 1.165) is 37.1 Å². The Bertz CT molecular complexity index is 424. The van der Waals surface area contributed by atoms with Gasteiger partial charge in [-0.3, -0.25) is 4.79 Å². The normalized spacial score (nSPS) is 15.9. The number of ether oxygens (including phenoxy) is 1. The Labute approximate surface area is 114 Å². The molecule has 0 saturated heterocycles. The van der Waals surface area contributed by atoms with E-state index >= 15 is 0 Å². The summed E-state index contributed by atoms with van der Waals surface area (Å²) in [7, 11) is 1.65. The summed E-state index contributed by atoms with van der Waals surface area (Å²) >= 11 is 0. The minimum Gasteiger partial charge on any atom is -0.497 e. The van der Waals surface area contributed by atoms with Gasteiger partial charge >= 0.3 is 0 Å². The molecule has 0 aromatic heterocycles. The summed E-state index contributed by atoms with van der Waals surface area (Å²) < 4.78 is 5.10. The number of benzene rings is 1. The van der Waals surface area contributed by atoms with Crippen LogP contribution < -0.4 is 15.8 Å². The second kappa shape index (κ2) is 6.06. The van der Waals surface area contributed by atoms with Gasteiger partial charge in [0.25, 0.3) is 0 Å². The van der Waals surface area contributed by atoms with E-state index in [4.69, 9.17) is 10.5 Å². The highest BCUT2D eigenvalue weighted by Gasteiger charge is 2.41. The van der Waals surface area contributed by atoms with Gasteiger partial charge in [-0.2, -0.15) is 0 Å². The monoisotopic (exact) mass is 262 g/mol. The molecule has 2 rings (SSSR count). The van der Waals surface area contributed by atoms with E-state index in [1.165, 1.54) is 0 Å². The SMILES string of the molecule is COc1ccc(CCC(=O)NCC2(CN)CC2)cc1. The minimum absolute atomic E-state index is 0.107. The van der Waals surface area contributed by atoms with Crippen molar-refractivity contribution in [2.45, 2.75) is 25.7 Å². The number of methoxy groups -OCH3 is 1. The standard InChI is InChI=1S/C15H22N2O2/c1-19-13-5-2-12(3-6-13)4-7-14(18)17-11-15(10-16)8-9-15/h2-3,5-6H,4,7-11,16H2,1H3,(H,17,18). The zero-order valence-electron chi connectivity index (χ0n) is 11.4. The van der Waals surface area contributed by atoms with Gasteiger partial charge in [-0.25, -0.2) is 0 Å². The highest BCUT2D eigenvalue weighted by molar-refractivity contribution is 5.76. The van der Waals surface area contributed by atoms with Crippen molar-refractivity contribution in [3.05, 3.63) is 29.8 Å². The molecule has 4 nitrogen and oxygen atoms in total. The van der Waals surface area contributed by atoms with E-state index in [1.807, 2.05) is 24.3 Å². The van der Waals surface area contributed by atoms with Crippen LogP contribution >= 0.6 is 0 Å². The first kappa shape index (κ1) is 13.9. The van der Waals surface area contributed by atoms with Crippen molar-refractivity contribution in [3.8, 4) is 5.75 Å². The average molecular weight is 262 g/mol. The highest BCUT2D eigenvalue weighted by atomic mass is 16.5. The van der Waals surface area contributed by atoms with Gasteiger partial charge in [0.15, 0.2) is 0 Å². The summed E-state index contributed by atoms with van der Waals surface area (Å²) in [6.45, 7) is 1.40. The maximum atomic E-state index is 11.8. The number of nitrogens with one attached hydrogen (secondary N) is 1. The van der Waals surface area contributed by atoms with Crippen LogP contribution in [0.1, 0.15) is 24.8 Å². The van der Waals surface area contributed by atoms with E-state index in [2.05, 4.69) is 5.32 Å². The molecular formula is C15H22N2O2. The Hall–Kier alpha value is -1.55. The number of nitrogens with two attached hydrogens (primary N) is 1. The maximum absolute atomic E-state index is 11.8. The number of aryl methyl sites for hydroxylation is 1. The second-order valence-electron chi connectivity index (χ2n) is 5.33. The van der Waals surface area contributed by atoms with Crippen LogP contribution in [0.5, 0.6) is 5.75 Å². The first-order chi connectivity index (χ1) is 9.17. The molecule has 0 aliphatic heterocycles. The van der Waals surface area contributed by atoms with Crippen molar-refractivity contribution in [2.75, 3.05) is 20.2 Å². The fourth-order valence-electron chi connectivity index (χ4n) is 2.05. The van der Waals surface area contributed by atoms with Crippen molar-refractivity contribution in [2.24, 2.45) is 11.1 Å². The molecule has 1 fully saturated rings. The minimum atomic E-state index is 0.107. The van der Waals surface area contributed by atoms with Crippen LogP contribution in [0.2, 0.25) is 0 Å². The Morgan fingerprint density at radius 2 is 2.05 bits per heavy atom. The van der Waals surface area contributed by atoms with Crippen LogP contribution in [0.3, 0.4) is 0 Å². The third-order valence-electron chi connectivity index (χ3n) is 3.85. The van der Waals surface area contributed by atoms with Crippen LogP contribution in [0.25, 0.3) is 0 Å². The van der Waals surface area contributed by atoms with Crippen LogP contribution in [-0.4, -0.2) is 26.1 Å². The van der Waals surface area contributed by atoms with Crippen LogP contribution in [0, 0.1) is 5.41 Å². The van der Waals surface area contributed by atoms with E-state index < -0.39 is 0 Å². The maximum Gasteiger partial charge on any atom is 0.220 e. The van der Waals surface area contributed by atoms with Crippen molar-refractivity contribution >= 4 is 5.91 Å². The molecule has 0 spiro atoms. The third kappa shape index (κ3) is 3.96. The Balaban J connectivity index is 1.70. The molecule has 19 heavy (non-hydrogen) atoms. The molecule has 0 bridgehead atoms. The number of carbonyl (C=O) groups excluding carboxylic acids is 1. The number of rotatable bonds is 7. The number of amides is 1. The zero-order valence-corrected chi connectivity index (χ0v) is 11.4. The summed E-state index contributed by atoms with van der Waals surface area (Å²) in [5.41, 5.74) is 7.04. The first-order valence-corrected chi connectivity index (χ1v) is 6.77. The number of hydrogen-bond donors (Lipinski definition) is 2. The summed E-state index contributed by atoms with van der Waals surface area (Å²) in [5.74, 6) is 0.947. The van der Waals surface area contributed by atoms with Gasteiger partial charge in [0.2, 0.25) is 5.91 Å². The molecule has 1 aliphatic rings. The second-order valence-corrected chi connectivity index (χ2v) is 5.33. The summed E-state index contributed by atoms with van der Waals surface area (Å²) in [6.07, 6.45) is 3.56. The van der Waals surface area contributed by atoms with E-state index in [-0.39, 0.29) is 11.3 Å². The lowest BCUT2D eigenvalue weighted by molar-refractivity contribution is -0.121. The van der Waals surface area contributed by atoms with Gasteiger partial charge < -0.3 is 15.8 Å². The molecular weight excluding hydrogens is 240 g/mol. The van der Waals surface area contributed by atoms with Crippen LogP contribution in [0.4, 0.5) is 0 Å². The van der Waals surface area contributed by atoms with Gasteiger partial charge in [-0.1, -0.05) is 12.1 Å². The number of hydrogen-bond acceptors (Lipinski definition) is 3. The first-order valence-electron chi connectivity index (χ1n) is 6.77. The lowest BCUT2D eigenvalue weighted by Crippen LogP contribution is -2.33. The predicted molar refractivity (Wildman–Crippen MR) is 75.0 cm³/mol. The van der Waals surface area contributed by atoms with Gasteiger partial charge in [0.05, 0.1) is 7.11 Å². The van der Waals surface area contributed by atoms with Gasteiger partial charge in [0, 0.05) is 13.0 Å². The Morgan fingerprint density at radius 1 is 1.37 bits per heavy atom. The predicted octanol–water partition coefficient (Wildman–Crippen LogP) is 1.48. The molecule has 1 amide bonds. The van der Waals surface area contributed by atoms with Crippen LogP contribution in [0.15, 0.2) is 24.3 Å². The third-order valence-corrected chi connectivity index (χ3v) is 3.85. The van der Waals surface area contributed by atoms with Crippen molar-refractivity contribution in [1.82, 2.24) is 5.32 Å². The summed E-state index contributed by atoms with van der Waals surface area (Å²) in [6, 6.07) is 7.82. The quantitative estimate of drug-likeness (QED) is 0.782. The Morgan fingerprint density at radius 3 is 2.58 bits per heavy atom. The van der Waals surface area contributed by atoms with E-state index in [0.29, 0.717) is 13.0 Å². The fraction of sp³-hybridized carbons (Fsp3) is 0.533. The molecule has 104 valence electrons. The van der Waals surface area contributed by atoms with E-state index in [9.17, 15) is 4.79 Å². The molecule has 1 aromatic rings. The van der Waals surface area contributed by atoms with E-state index in [1.54, 1.807) is 7.11 Å². The molecule has 1 saturated carbocycles. The zero-order chi connectivity index (χ0) is 13.7. The van der Waals surface area contributed by atoms with Crippen LogP contribution in [-0.2, 0) is 11.2 Å². The molecule has 1 aromatic carbocycles. The highest BCUT2D eigenvalue weighted by Crippen LogP contribution is 2.43. The largest absolute Gasteiger partial charge is 0.497 e. The summed E-state index contributed by atoms with van der Waals surface area (Å²) in [4.78, 5) is 11.8. The molecule has 0 radical (unpaired) electrons. The molecule has 0 heterocycles. The lowest BCUT2D eigenvalue weighted by atomic mass is 10.1. The van der Waals surface area contributed by atoms with Gasteiger partial charge in [0.1, 0.15) is 5.75 Å². The molecule has 0 unspecified atom stereocenters. The summed E-state index contributed by atoms with van der Waals surface area (Å²) in [5, 5.41) is 2.99. The molecule has 4 heteroatoms. The molecule has 1 aliphatic carbocycles. The van der Waals surface area contributed by atoms with Gasteiger partial charge in [-0.05, 0) is 48.9 Å². The average Bonchev–Trinajstić information content (AvgIpc) is 3.24. The Kier molecular flexibility index (Phi) is 4.43. The van der Waals surface area contributed by atoms with Crippen molar-refractivity contribution < 1.29 is 9.53 Å².